The first kappa shape index (κ1) is 26.5. The second-order valence-electron chi connectivity index (χ2n) is 13.5. The molecule has 2 spiro atoms. The van der Waals surface area contributed by atoms with Crippen LogP contribution in [-0.2, 0) is 9.53 Å². The number of carbonyl (C=O) groups is 1. The summed E-state index contributed by atoms with van der Waals surface area (Å²) in [6, 6.07) is 2.84. The number of benzene rings is 1. The molecule has 3 aliphatic heterocycles. The number of nitrogens with two attached hydrogens (primary N) is 1. The SMILES string of the molecule is C=CC(=O)N1CC2(CC(n3nc(N4CCN(C5COC5)CC45CCC5)c(-c4c(Cl)c(C)cc5[nH]nc(N)c45)c3C)C2)C1. The van der Waals surface area contributed by atoms with E-state index >= 15 is 0 Å². The van der Waals surface area contributed by atoms with Crippen molar-refractivity contribution < 1.29 is 9.53 Å². The normalized spacial score (nSPS) is 23.6. The van der Waals surface area contributed by atoms with Crippen molar-refractivity contribution >= 4 is 40.0 Å². The summed E-state index contributed by atoms with van der Waals surface area (Å²) in [5.41, 5.74) is 11.7. The van der Waals surface area contributed by atoms with Crippen LogP contribution in [0.2, 0.25) is 5.02 Å². The van der Waals surface area contributed by atoms with Crippen LogP contribution in [0.5, 0.6) is 0 Å². The van der Waals surface area contributed by atoms with E-state index in [1.54, 1.807) is 0 Å². The van der Waals surface area contributed by atoms with Gasteiger partial charge in [0.25, 0.3) is 0 Å². The smallest absolute Gasteiger partial charge is 0.245 e. The number of hydrogen-bond acceptors (Lipinski definition) is 7. The van der Waals surface area contributed by atoms with E-state index in [2.05, 4.69) is 38.2 Å². The number of hydrogen-bond donors (Lipinski definition) is 2. The van der Waals surface area contributed by atoms with Crippen molar-refractivity contribution in [3.05, 3.63) is 35.0 Å². The molecule has 5 fully saturated rings. The fraction of sp³-hybridized carbons (Fsp3) is 0.581. The highest BCUT2D eigenvalue weighted by atomic mass is 35.5. The maximum atomic E-state index is 12.1. The fourth-order valence-electron chi connectivity index (χ4n) is 8.42. The number of anilines is 2. The van der Waals surface area contributed by atoms with Gasteiger partial charge < -0.3 is 20.3 Å². The van der Waals surface area contributed by atoms with Crippen LogP contribution in [0.4, 0.5) is 11.6 Å². The lowest BCUT2D eigenvalue weighted by atomic mass is 9.60. The van der Waals surface area contributed by atoms with Crippen molar-refractivity contribution in [2.45, 2.75) is 63.6 Å². The standard InChI is InChI=1S/C31H39ClN8O2/c1-4-23(41)38-15-30(16-38)11-20(12-30)40-19(3)24(26-25-22(34-35-28(25)33)10-18(2)27(26)32)29(36-40)39-9-8-37(21-13-42-14-21)17-31(39)6-5-7-31/h4,10,20-21H,1,5-9,11-17H2,2-3H3,(H3,33,34,35). The highest BCUT2D eigenvalue weighted by Crippen LogP contribution is 2.56. The van der Waals surface area contributed by atoms with Crippen molar-refractivity contribution in [3.63, 3.8) is 0 Å². The molecule has 1 aromatic carbocycles. The number of carbonyl (C=O) groups excluding carboxylic acids is 1. The summed E-state index contributed by atoms with van der Waals surface area (Å²) in [5, 5.41) is 14.5. The van der Waals surface area contributed by atoms with Gasteiger partial charge in [-0.1, -0.05) is 18.2 Å². The molecule has 0 bridgehead atoms. The number of H-pyrrole nitrogens is 1. The van der Waals surface area contributed by atoms with E-state index in [1.165, 1.54) is 12.5 Å². The van der Waals surface area contributed by atoms with E-state index in [4.69, 9.17) is 27.2 Å². The summed E-state index contributed by atoms with van der Waals surface area (Å²) in [6.07, 6.45) is 7.00. The molecule has 0 atom stereocenters. The van der Waals surface area contributed by atoms with Gasteiger partial charge in [-0.25, -0.2) is 0 Å². The molecule has 2 saturated carbocycles. The highest BCUT2D eigenvalue weighted by Gasteiger charge is 2.55. The lowest BCUT2D eigenvalue weighted by molar-refractivity contribution is -0.149. The molecule has 0 unspecified atom stereocenters. The van der Waals surface area contributed by atoms with Gasteiger partial charge in [-0.15, -0.1) is 0 Å². The molecular formula is C31H39ClN8O2. The Labute approximate surface area is 250 Å². The molecule has 1 amide bonds. The van der Waals surface area contributed by atoms with Gasteiger partial charge in [0.05, 0.1) is 46.8 Å². The Morgan fingerprint density at radius 2 is 1.93 bits per heavy atom. The lowest BCUT2D eigenvalue weighted by Gasteiger charge is -2.59. The Morgan fingerprint density at radius 1 is 1.17 bits per heavy atom. The van der Waals surface area contributed by atoms with Gasteiger partial charge in [0.2, 0.25) is 5.91 Å². The molecule has 10 nitrogen and oxygen atoms in total. The van der Waals surface area contributed by atoms with Gasteiger partial charge in [0.1, 0.15) is 0 Å². The topological polar surface area (TPSA) is 109 Å². The Morgan fingerprint density at radius 3 is 2.57 bits per heavy atom. The predicted octanol–water partition coefficient (Wildman–Crippen LogP) is 4.07. The van der Waals surface area contributed by atoms with Crippen LogP contribution in [0.15, 0.2) is 18.7 Å². The van der Waals surface area contributed by atoms with Gasteiger partial charge in [-0.3, -0.25) is 19.5 Å². The van der Waals surface area contributed by atoms with Crippen LogP contribution in [0.25, 0.3) is 22.0 Å². The summed E-state index contributed by atoms with van der Waals surface area (Å²) in [5.74, 6) is 1.50. The van der Waals surface area contributed by atoms with Gasteiger partial charge in [0.15, 0.2) is 11.6 Å². The number of aromatic nitrogens is 4. The molecule has 42 heavy (non-hydrogen) atoms. The number of halogens is 1. The predicted molar refractivity (Wildman–Crippen MR) is 164 cm³/mol. The summed E-state index contributed by atoms with van der Waals surface area (Å²) >= 11 is 7.18. The number of fused-ring (bicyclic) bond motifs is 1. The van der Waals surface area contributed by atoms with Crippen molar-refractivity contribution in [2.75, 3.05) is 56.6 Å². The Bertz CT molecular complexity index is 1600. The van der Waals surface area contributed by atoms with Gasteiger partial charge in [-0.05, 0) is 63.7 Å². The summed E-state index contributed by atoms with van der Waals surface area (Å²) in [6.45, 7) is 14.1. The Kier molecular flexibility index (Phi) is 5.82. The zero-order valence-electron chi connectivity index (χ0n) is 24.5. The van der Waals surface area contributed by atoms with Crippen LogP contribution in [0.1, 0.15) is 49.4 Å². The minimum absolute atomic E-state index is 0.0260. The Balaban J connectivity index is 1.22. The third-order valence-electron chi connectivity index (χ3n) is 11.0. The number of ether oxygens (including phenoxy) is 1. The van der Waals surface area contributed by atoms with Crippen molar-refractivity contribution in [1.82, 2.24) is 29.8 Å². The summed E-state index contributed by atoms with van der Waals surface area (Å²) in [7, 11) is 0. The second kappa shape index (κ2) is 9.21. The van der Waals surface area contributed by atoms with E-state index in [0.717, 1.165) is 111 Å². The summed E-state index contributed by atoms with van der Waals surface area (Å²) < 4.78 is 7.81. The van der Waals surface area contributed by atoms with Gasteiger partial charge in [0, 0.05) is 55.0 Å². The molecule has 3 N–H and O–H groups in total. The number of rotatable bonds is 5. The van der Waals surface area contributed by atoms with E-state index in [1.807, 2.05) is 17.9 Å². The van der Waals surface area contributed by atoms with Crippen molar-refractivity contribution in [1.29, 1.82) is 0 Å². The van der Waals surface area contributed by atoms with E-state index in [-0.39, 0.29) is 22.9 Å². The molecule has 5 heterocycles. The average Bonchev–Trinajstić information content (AvgIpc) is 3.40. The molecular weight excluding hydrogens is 552 g/mol. The van der Waals surface area contributed by atoms with Crippen LogP contribution in [0.3, 0.4) is 0 Å². The molecule has 8 rings (SSSR count). The number of piperazine rings is 1. The molecule has 0 radical (unpaired) electrons. The van der Waals surface area contributed by atoms with Gasteiger partial charge >= 0.3 is 0 Å². The first-order chi connectivity index (χ1) is 20.2. The molecule has 2 aliphatic carbocycles. The highest BCUT2D eigenvalue weighted by molar-refractivity contribution is 6.36. The first-order valence-electron chi connectivity index (χ1n) is 15.3. The number of amides is 1. The Hall–Kier alpha value is -3.08. The van der Waals surface area contributed by atoms with E-state index in [9.17, 15) is 4.79 Å². The number of aryl methyl sites for hydroxylation is 1. The van der Waals surface area contributed by atoms with E-state index < -0.39 is 0 Å². The summed E-state index contributed by atoms with van der Waals surface area (Å²) in [4.78, 5) is 19.2. The molecule has 222 valence electrons. The first-order valence-corrected chi connectivity index (χ1v) is 15.6. The van der Waals surface area contributed by atoms with Crippen LogP contribution in [0, 0.1) is 19.3 Å². The largest absolute Gasteiger partial charge is 0.382 e. The molecule has 5 aliphatic rings. The minimum Gasteiger partial charge on any atom is -0.382 e. The molecule has 2 aromatic heterocycles. The fourth-order valence-corrected chi connectivity index (χ4v) is 8.66. The molecule has 3 aromatic rings. The van der Waals surface area contributed by atoms with Gasteiger partial charge in [-0.2, -0.15) is 10.2 Å². The van der Waals surface area contributed by atoms with Crippen molar-refractivity contribution in [3.8, 4) is 11.1 Å². The molecule has 11 heteroatoms. The number of likely N-dealkylation sites (tertiary alicyclic amines) is 1. The van der Waals surface area contributed by atoms with E-state index in [0.29, 0.717) is 16.9 Å². The maximum absolute atomic E-state index is 12.1. The van der Waals surface area contributed by atoms with Crippen LogP contribution >= 0.6 is 11.6 Å². The third kappa shape index (κ3) is 3.67. The maximum Gasteiger partial charge on any atom is 0.245 e. The lowest BCUT2D eigenvalue weighted by Crippen LogP contribution is -2.69. The van der Waals surface area contributed by atoms with Crippen LogP contribution < -0.4 is 10.6 Å². The average molecular weight is 591 g/mol. The molecule has 3 saturated heterocycles. The monoisotopic (exact) mass is 590 g/mol. The third-order valence-corrected chi connectivity index (χ3v) is 11.4. The number of nitrogen functional groups attached to an aromatic ring is 1. The zero-order chi connectivity index (χ0) is 29.0. The van der Waals surface area contributed by atoms with Crippen molar-refractivity contribution in [2.24, 2.45) is 5.41 Å². The quantitative estimate of drug-likeness (QED) is 0.431. The number of nitrogens with one attached hydrogen (secondary N) is 1. The second-order valence-corrected chi connectivity index (χ2v) is 13.9. The van der Waals surface area contributed by atoms with Crippen LogP contribution in [-0.4, -0.2) is 93.2 Å². The zero-order valence-corrected chi connectivity index (χ0v) is 25.2. The number of aromatic amines is 1. The minimum atomic E-state index is 0.0260. The number of nitrogens with zero attached hydrogens (tertiary/aromatic N) is 6.